The van der Waals surface area contributed by atoms with Gasteiger partial charge in [-0.3, -0.25) is 10.8 Å². The summed E-state index contributed by atoms with van der Waals surface area (Å²) in [6, 6.07) is 7.05. The first-order valence-electron chi connectivity index (χ1n) is 6.57. The van der Waals surface area contributed by atoms with Crippen LogP contribution >= 0.6 is 11.6 Å². The van der Waals surface area contributed by atoms with E-state index >= 15 is 0 Å². The fraction of sp³-hybridized carbons (Fsp3) is 0.267. The average Bonchev–Trinajstić information content (AvgIpc) is 2.50. The van der Waals surface area contributed by atoms with Gasteiger partial charge in [0.15, 0.2) is 0 Å². The van der Waals surface area contributed by atoms with Crippen molar-refractivity contribution in [2.24, 2.45) is 5.84 Å². The van der Waals surface area contributed by atoms with Crippen molar-refractivity contribution in [1.29, 1.82) is 0 Å². The lowest BCUT2D eigenvalue weighted by Crippen LogP contribution is -2.29. The highest BCUT2D eigenvalue weighted by atomic mass is 35.5. The normalized spacial score (nSPS) is 12.0. The maximum Gasteiger partial charge on any atom is 0.137 e. The predicted molar refractivity (Wildman–Crippen MR) is 82.6 cm³/mol. The number of aromatic nitrogens is 1. The number of nitrogens with zero attached hydrogens (tertiary/aromatic N) is 1. The second kappa shape index (κ2) is 7.26. The molecule has 0 bridgehead atoms. The number of hydrazine groups is 1. The molecule has 0 spiro atoms. The average molecular weight is 308 g/mol. The molecule has 0 fully saturated rings. The zero-order valence-electron chi connectivity index (χ0n) is 12.0. The van der Waals surface area contributed by atoms with Crippen LogP contribution in [0.3, 0.4) is 0 Å². The van der Waals surface area contributed by atoms with Gasteiger partial charge in [-0.05, 0) is 30.7 Å². The Balaban J connectivity index is 2.42. The molecule has 0 radical (unpaired) electrons. The van der Waals surface area contributed by atoms with E-state index in [0.717, 1.165) is 11.1 Å². The third-order valence-corrected chi connectivity index (χ3v) is 3.29. The van der Waals surface area contributed by atoms with Crippen LogP contribution in [0, 0.1) is 0 Å². The van der Waals surface area contributed by atoms with Gasteiger partial charge in [0.2, 0.25) is 0 Å². The third-order valence-electron chi connectivity index (χ3n) is 3.05. The first kappa shape index (κ1) is 15.6. The molecular weight excluding hydrogens is 290 g/mol. The van der Waals surface area contributed by atoms with Gasteiger partial charge in [-0.15, -0.1) is 0 Å². The van der Waals surface area contributed by atoms with E-state index in [0.29, 0.717) is 23.1 Å². The number of halogens is 1. The number of nitrogens with two attached hydrogens (primary N) is 1. The molecule has 1 aromatic carbocycles. The summed E-state index contributed by atoms with van der Waals surface area (Å²) in [6.45, 7) is 2.50. The molecule has 1 unspecified atom stereocenters. The summed E-state index contributed by atoms with van der Waals surface area (Å²) < 4.78 is 10.8. The van der Waals surface area contributed by atoms with E-state index in [2.05, 4.69) is 10.4 Å². The van der Waals surface area contributed by atoms with Gasteiger partial charge in [-0.2, -0.15) is 0 Å². The van der Waals surface area contributed by atoms with Crippen LogP contribution in [0.4, 0.5) is 0 Å². The van der Waals surface area contributed by atoms with Crippen molar-refractivity contribution < 1.29 is 9.47 Å². The number of benzene rings is 1. The van der Waals surface area contributed by atoms with E-state index in [1.54, 1.807) is 31.6 Å². The third kappa shape index (κ3) is 3.64. The lowest BCUT2D eigenvalue weighted by molar-refractivity contribution is 0.338. The number of ether oxygens (including phenoxy) is 2. The predicted octanol–water partition coefficient (Wildman–Crippen LogP) is 2.70. The van der Waals surface area contributed by atoms with Crippen molar-refractivity contribution in [2.45, 2.75) is 13.0 Å². The maximum atomic E-state index is 5.99. The first-order chi connectivity index (χ1) is 10.2. The van der Waals surface area contributed by atoms with E-state index in [9.17, 15) is 0 Å². The largest absolute Gasteiger partial charge is 0.496 e. The molecule has 3 N–H and O–H groups in total. The quantitative estimate of drug-likeness (QED) is 0.634. The van der Waals surface area contributed by atoms with Crippen molar-refractivity contribution in [3.05, 3.63) is 52.8 Å². The Hall–Kier alpha value is -1.82. The summed E-state index contributed by atoms with van der Waals surface area (Å²) in [6.07, 6.45) is 3.40. The van der Waals surface area contributed by atoms with Crippen LogP contribution in [0.2, 0.25) is 5.02 Å². The standard InChI is InChI=1S/C15H18ClN3O2/c1-3-21-12-6-10(8-18-9-12)15(19-17)13-5-4-11(16)7-14(13)20-2/h4-9,15,19H,3,17H2,1-2H3. The second-order valence-corrected chi connectivity index (χ2v) is 4.81. The molecule has 1 atom stereocenters. The topological polar surface area (TPSA) is 69.4 Å². The number of hydrogen-bond donors (Lipinski definition) is 2. The minimum Gasteiger partial charge on any atom is -0.496 e. The van der Waals surface area contributed by atoms with Gasteiger partial charge in [0.25, 0.3) is 0 Å². The van der Waals surface area contributed by atoms with Crippen molar-refractivity contribution >= 4 is 11.6 Å². The fourth-order valence-corrected chi connectivity index (χ4v) is 2.29. The Morgan fingerprint density at radius 1 is 1.33 bits per heavy atom. The van der Waals surface area contributed by atoms with Gasteiger partial charge < -0.3 is 9.47 Å². The molecule has 1 heterocycles. The monoisotopic (exact) mass is 307 g/mol. The molecule has 5 nitrogen and oxygen atoms in total. The molecule has 0 aliphatic carbocycles. The second-order valence-electron chi connectivity index (χ2n) is 4.37. The number of rotatable bonds is 6. The highest BCUT2D eigenvalue weighted by Gasteiger charge is 2.18. The molecule has 21 heavy (non-hydrogen) atoms. The van der Waals surface area contributed by atoms with Gasteiger partial charge in [-0.25, -0.2) is 5.43 Å². The summed E-state index contributed by atoms with van der Waals surface area (Å²) in [5.74, 6) is 7.07. The summed E-state index contributed by atoms with van der Waals surface area (Å²) in [5, 5.41) is 0.604. The van der Waals surface area contributed by atoms with Crippen molar-refractivity contribution in [3.8, 4) is 11.5 Å². The molecule has 2 aromatic rings. The molecule has 0 saturated carbocycles. The van der Waals surface area contributed by atoms with Gasteiger partial charge in [-0.1, -0.05) is 17.7 Å². The molecule has 6 heteroatoms. The van der Waals surface area contributed by atoms with E-state index in [-0.39, 0.29) is 6.04 Å². The summed E-state index contributed by atoms with van der Waals surface area (Å²) >= 11 is 5.99. The molecule has 1 aromatic heterocycles. The molecular formula is C15H18ClN3O2. The van der Waals surface area contributed by atoms with Crippen LogP contribution in [0.15, 0.2) is 36.7 Å². The maximum absolute atomic E-state index is 5.99. The molecule has 0 saturated heterocycles. The lowest BCUT2D eigenvalue weighted by atomic mass is 9.99. The Kier molecular flexibility index (Phi) is 5.38. The highest BCUT2D eigenvalue weighted by molar-refractivity contribution is 6.30. The van der Waals surface area contributed by atoms with Crippen molar-refractivity contribution in [3.63, 3.8) is 0 Å². The molecule has 112 valence electrons. The summed E-state index contributed by atoms with van der Waals surface area (Å²) in [4.78, 5) is 4.18. The smallest absolute Gasteiger partial charge is 0.137 e. The minimum atomic E-state index is -0.273. The van der Waals surface area contributed by atoms with Crippen LogP contribution in [-0.2, 0) is 0 Å². The van der Waals surface area contributed by atoms with Crippen LogP contribution in [0.25, 0.3) is 0 Å². The molecule has 0 amide bonds. The zero-order chi connectivity index (χ0) is 15.2. The number of nitrogens with one attached hydrogen (secondary N) is 1. The van der Waals surface area contributed by atoms with E-state index in [4.69, 9.17) is 26.9 Å². The Morgan fingerprint density at radius 2 is 2.14 bits per heavy atom. The van der Waals surface area contributed by atoms with Gasteiger partial charge in [0, 0.05) is 16.8 Å². The van der Waals surface area contributed by atoms with Crippen molar-refractivity contribution in [1.82, 2.24) is 10.4 Å². The molecule has 2 rings (SSSR count). The number of methoxy groups -OCH3 is 1. The van der Waals surface area contributed by atoms with Crippen LogP contribution in [0.1, 0.15) is 24.1 Å². The minimum absolute atomic E-state index is 0.273. The first-order valence-corrected chi connectivity index (χ1v) is 6.94. The zero-order valence-corrected chi connectivity index (χ0v) is 12.7. The van der Waals surface area contributed by atoms with E-state index < -0.39 is 0 Å². The van der Waals surface area contributed by atoms with Gasteiger partial charge >= 0.3 is 0 Å². The van der Waals surface area contributed by atoms with Gasteiger partial charge in [0.05, 0.1) is 26.0 Å². The number of hydrogen-bond acceptors (Lipinski definition) is 5. The Labute approximate surface area is 129 Å². The van der Waals surface area contributed by atoms with Gasteiger partial charge in [0.1, 0.15) is 11.5 Å². The van der Waals surface area contributed by atoms with E-state index in [1.165, 1.54) is 0 Å². The van der Waals surface area contributed by atoms with Crippen LogP contribution in [0.5, 0.6) is 11.5 Å². The Bertz CT molecular complexity index is 607. The summed E-state index contributed by atoms with van der Waals surface area (Å²) in [7, 11) is 1.59. The van der Waals surface area contributed by atoms with Crippen LogP contribution < -0.4 is 20.7 Å². The number of pyridine rings is 1. The Morgan fingerprint density at radius 3 is 2.81 bits per heavy atom. The lowest BCUT2D eigenvalue weighted by Gasteiger charge is -2.20. The van der Waals surface area contributed by atoms with Crippen molar-refractivity contribution in [2.75, 3.05) is 13.7 Å². The molecule has 0 aliphatic heterocycles. The fourth-order valence-electron chi connectivity index (χ4n) is 2.13. The molecule has 0 aliphatic rings. The highest BCUT2D eigenvalue weighted by Crippen LogP contribution is 2.32. The summed E-state index contributed by atoms with van der Waals surface area (Å²) in [5.41, 5.74) is 4.53. The SMILES string of the molecule is CCOc1cncc(C(NN)c2ccc(Cl)cc2OC)c1. The van der Waals surface area contributed by atoms with Crippen LogP contribution in [-0.4, -0.2) is 18.7 Å². The van der Waals surface area contributed by atoms with E-state index in [1.807, 2.05) is 19.1 Å².